The highest BCUT2D eigenvalue weighted by Gasteiger charge is 2.24. The maximum Gasteiger partial charge on any atom is 0.320 e. The first-order valence-corrected chi connectivity index (χ1v) is 8.45. The van der Waals surface area contributed by atoms with Crippen LogP contribution in [-0.4, -0.2) is 10.6 Å². The van der Waals surface area contributed by atoms with Crippen LogP contribution in [0.3, 0.4) is 0 Å². The quantitative estimate of drug-likeness (QED) is 0.830. The molecule has 126 valence electrons. The van der Waals surface area contributed by atoms with Gasteiger partial charge in [-0.25, -0.2) is 4.79 Å². The van der Waals surface area contributed by atoms with Gasteiger partial charge in [0.25, 0.3) is 5.56 Å². The number of pyridine rings is 1. The van der Waals surface area contributed by atoms with Gasteiger partial charge in [-0.3, -0.25) is 4.79 Å². The topological polar surface area (TPSA) is 63.1 Å². The standard InChI is InChI=1S/C20H19N3O2/c1-23-9-8-15(12-19(23)24)10-14-4-6-16-17(7-5-13-2-3-13)21-20(25)22-18(16)11-14/h4,6,8-9,11-13,17H,2-3,10H2,1H3,(H2,21,22,25)/t17-/m0/s1. The Bertz CT molecular complexity index is 961. The predicted molar refractivity (Wildman–Crippen MR) is 96.3 cm³/mol. The van der Waals surface area contributed by atoms with Crippen LogP contribution in [0.25, 0.3) is 0 Å². The first kappa shape index (κ1) is 15.5. The van der Waals surface area contributed by atoms with E-state index in [2.05, 4.69) is 22.5 Å². The molecule has 2 amide bonds. The highest BCUT2D eigenvalue weighted by Crippen LogP contribution is 2.31. The number of benzene rings is 1. The Morgan fingerprint density at radius 3 is 2.68 bits per heavy atom. The lowest BCUT2D eigenvalue weighted by Gasteiger charge is -2.24. The number of fused-ring (bicyclic) bond motifs is 1. The second-order valence-corrected chi connectivity index (χ2v) is 6.68. The van der Waals surface area contributed by atoms with Crippen LogP contribution >= 0.6 is 0 Å². The van der Waals surface area contributed by atoms with E-state index in [1.165, 1.54) is 0 Å². The van der Waals surface area contributed by atoms with Gasteiger partial charge in [0.05, 0.1) is 0 Å². The lowest BCUT2D eigenvalue weighted by atomic mass is 9.97. The second kappa shape index (κ2) is 6.14. The monoisotopic (exact) mass is 333 g/mol. The van der Waals surface area contributed by atoms with Gasteiger partial charge in [-0.05, 0) is 42.5 Å². The normalized spacial score (nSPS) is 18.4. The fourth-order valence-electron chi connectivity index (χ4n) is 2.92. The number of aromatic nitrogens is 1. The summed E-state index contributed by atoms with van der Waals surface area (Å²) in [5, 5.41) is 5.73. The van der Waals surface area contributed by atoms with Gasteiger partial charge in [-0.1, -0.05) is 24.0 Å². The van der Waals surface area contributed by atoms with Crippen molar-refractivity contribution in [3.05, 3.63) is 63.6 Å². The van der Waals surface area contributed by atoms with Crippen molar-refractivity contribution in [2.24, 2.45) is 13.0 Å². The zero-order chi connectivity index (χ0) is 17.4. The zero-order valence-corrected chi connectivity index (χ0v) is 14.0. The van der Waals surface area contributed by atoms with Crippen molar-refractivity contribution in [3.8, 4) is 11.8 Å². The molecule has 0 spiro atoms. The molecule has 0 radical (unpaired) electrons. The molecule has 2 aliphatic rings. The highest BCUT2D eigenvalue weighted by atomic mass is 16.2. The molecule has 1 aliphatic carbocycles. The average molecular weight is 333 g/mol. The maximum atomic E-state index is 11.9. The summed E-state index contributed by atoms with van der Waals surface area (Å²) in [7, 11) is 1.73. The summed E-state index contributed by atoms with van der Waals surface area (Å²) >= 11 is 0. The summed E-state index contributed by atoms with van der Waals surface area (Å²) in [5.41, 5.74) is 3.75. The van der Waals surface area contributed by atoms with Crippen molar-refractivity contribution in [3.63, 3.8) is 0 Å². The second-order valence-electron chi connectivity index (χ2n) is 6.68. The van der Waals surface area contributed by atoms with Crippen molar-refractivity contribution in [1.82, 2.24) is 9.88 Å². The summed E-state index contributed by atoms with van der Waals surface area (Å²) in [4.78, 5) is 23.7. The number of nitrogens with zero attached hydrogens (tertiary/aromatic N) is 1. The van der Waals surface area contributed by atoms with Crippen LogP contribution in [0.4, 0.5) is 10.5 Å². The van der Waals surface area contributed by atoms with E-state index >= 15 is 0 Å². The van der Waals surface area contributed by atoms with Gasteiger partial charge in [0.2, 0.25) is 0 Å². The molecule has 1 atom stereocenters. The third-order valence-corrected chi connectivity index (χ3v) is 4.54. The molecular formula is C20H19N3O2. The molecule has 1 saturated carbocycles. The van der Waals surface area contributed by atoms with Crippen LogP contribution in [0.2, 0.25) is 0 Å². The van der Waals surface area contributed by atoms with Crippen LogP contribution in [0.5, 0.6) is 0 Å². The smallest absolute Gasteiger partial charge is 0.320 e. The minimum absolute atomic E-state index is 0.0247. The summed E-state index contributed by atoms with van der Waals surface area (Å²) in [6.45, 7) is 0. The minimum atomic E-state index is -0.262. The molecule has 2 heterocycles. The van der Waals surface area contributed by atoms with Crippen molar-refractivity contribution < 1.29 is 4.79 Å². The number of hydrogen-bond acceptors (Lipinski definition) is 2. The lowest BCUT2D eigenvalue weighted by molar-refractivity contribution is 0.249. The van der Waals surface area contributed by atoms with Gasteiger partial charge in [-0.2, -0.15) is 0 Å². The first-order chi connectivity index (χ1) is 12.1. The van der Waals surface area contributed by atoms with Crippen LogP contribution in [-0.2, 0) is 13.5 Å². The molecule has 1 aromatic carbocycles. The number of amides is 2. The fourth-order valence-corrected chi connectivity index (χ4v) is 2.92. The number of nitrogens with one attached hydrogen (secondary N) is 2. The molecule has 1 aliphatic heterocycles. The number of urea groups is 1. The van der Waals surface area contributed by atoms with Gasteiger partial charge >= 0.3 is 6.03 Å². The number of hydrogen-bond donors (Lipinski definition) is 2. The van der Waals surface area contributed by atoms with Crippen LogP contribution in [0.15, 0.2) is 41.3 Å². The molecule has 2 aromatic rings. The molecule has 2 N–H and O–H groups in total. The Morgan fingerprint density at radius 2 is 1.92 bits per heavy atom. The van der Waals surface area contributed by atoms with Crippen LogP contribution in [0.1, 0.15) is 35.6 Å². The highest BCUT2D eigenvalue weighted by molar-refractivity contribution is 5.93. The average Bonchev–Trinajstić information content (AvgIpc) is 3.40. The number of aryl methyl sites for hydroxylation is 1. The summed E-state index contributed by atoms with van der Waals surface area (Å²) in [6.07, 6.45) is 4.73. The van der Waals surface area contributed by atoms with Crippen molar-refractivity contribution in [2.75, 3.05) is 5.32 Å². The molecule has 0 unspecified atom stereocenters. The minimum Gasteiger partial charge on any atom is -0.320 e. The van der Waals surface area contributed by atoms with Gasteiger partial charge in [0.15, 0.2) is 0 Å². The Kier molecular flexibility index (Phi) is 3.81. The largest absolute Gasteiger partial charge is 0.320 e. The van der Waals surface area contributed by atoms with Crippen molar-refractivity contribution in [2.45, 2.75) is 25.3 Å². The molecular weight excluding hydrogens is 314 g/mol. The van der Waals surface area contributed by atoms with Gasteiger partial charge < -0.3 is 15.2 Å². The Morgan fingerprint density at radius 1 is 1.12 bits per heavy atom. The van der Waals surface area contributed by atoms with E-state index in [1.807, 2.05) is 24.3 Å². The van der Waals surface area contributed by atoms with E-state index < -0.39 is 0 Å². The Balaban J connectivity index is 1.61. The van der Waals surface area contributed by atoms with Crippen LogP contribution < -0.4 is 16.2 Å². The summed E-state index contributed by atoms with van der Waals surface area (Å²) in [5.74, 6) is 6.91. The van der Waals surface area contributed by atoms with Gasteiger partial charge in [0, 0.05) is 36.5 Å². The Labute approximate surface area is 146 Å². The number of carbonyl (C=O) groups excluding carboxylic acids is 1. The molecule has 5 heteroatoms. The fraction of sp³-hybridized carbons (Fsp3) is 0.300. The third kappa shape index (κ3) is 3.43. The molecule has 25 heavy (non-hydrogen) atoms. The van der Waals surface area contributed by atoms with E-state index in [0.717, 1.165) is 35.2 Å². The third-order valence-electron chi connectivity index (χ3n) is 4.54. The van der Waals surface area contributed by atoms with Gasteiger partial charge in [-0.15, -0.1) is 0 Å². The van der Waals surface area contributed by atoms with E-state index in [-0.39, 0.29) is 17.6 Å². The van der Waals surface area contributed by atoms with Crippen molar-refractivity contribution in [1.29, 1.82) is 0 Å². The molecule has 1 fully saturated rings. The van der Waals surface area contributed by atoms with Crippen molar-refractivity contribution >= 4 is 11.7 Å². The van der Waals surface area contributed by atoms with E-state index in [9.17, 15) is 9.59 Å². The molecule has 0 saturated heterocycles. The van der Waals surface area contributed by atoms with Gasteiger partial charge in [0.1, 0.15) is 6.04 Å². The predicted octanol–water partition coefficient (Wildman–Crippen LogP) is 2.57. The molecule has 1 aromatic heterocycles. The first-order valence-electron chi connectivity index (χ1n) is 8.45. The summed E-state index contributed by atoms with van der Waals surface area (Å²) in [6, 6.07) is 9.09. The number of anilines is 1. The summed E-state index contributed by atoms with van der Waals surface area (Å²) < 4.78 is 1.55. The van der Waals surface area contributed by atoms with E-state index in [4.69, 9.17) is 0 Å². The van der Waals surface area contributed by atoms with Crippen LogP contribution in [0, 0.1) is 17.8 Å². The lowest BCUT2D eigenvalue weighted by Crippen LogP contribution is -2.37. The molecule has 4 rings (SSSR count). The SMILES string of the molecule is Cn1ccc(Cc2ccc3c(c2)NC(=O)N[C@H]3C#CC2CC2)cc1=O. The number of carbonyl (C=O) groups is 1. The van der Waals surface area contributed by atoms with E-state index in [0.29, 0.717) is 12.3 Å². The number of rotatable bonds is 2. The molecule has 0 bridgehead atoms. The van der Waals surface area contributed by atoms with E-state index in [1.54, 1.807) is 23.9 Å². The maximum absolute atomic E-state index is 11.9. The Hall–Kier alpha value is -3.00. The zero-order valence-electron chi connectivity index (χ0n) is 14.0. The molecule has 5 nitrogen and oxygen atoms in total.